The molecule has 0 saturated carbocycles. The molecule has 0 radical (unpaired) electrons. The number of hydrazone groups is 1. The minimum absolute atomic E-state index is 0.0351. The summed E-state index contributed by atoms with van der Waals surface area (Å²) < 4.78 is 1.61. The van der Waals surface area contributed by atoms with Gasteiger partial charge >= 0.3 is 0 Å². The van der Waals surface area contributed by atoms with Crippen LogP contribution in [0.4, 0.5) is 0 Å². The third-order valence-electron chi connectivity index (χ3n) is 5.95. The van der Waals surface area contributed by atoms with Crippen LogP contribution in [-0.4, -0.2) is 32.0 Å². The minimum atomic E-state index is -0.329. The van der Waals surface area contributed by atoms with Crippen LogP contribution in [0.2, 0.25) is 0 Å². The molecular weight excluding hydrogens is 480 g/mol. The Morgan fingerprint density at radius 3 is 2.69 bits per heavy atom. The van der Waals surface area contributed by atoms with E-state index < -0.39 is 0 Å². The van der Waals surface area contributed by atoms with Crippen LogP contribution >= 0.6 is 23.1 Å². The van der Waals surface area contributed by atoms with Gasteiger partial charge in [0.2, 0.25) is 0 Å². The molecule has 0 aliphatic heterocycles. The summed E-state index contributed by atoms with van der Waals surface area (Å²) in [4.78, 5) is 33.1. The molecule has 5 rings (SSSR count). The second kappa shape index (κ2) is 10.1. The molecule has 35 heavy (non-hydrogen) atoms. The van der Waals surface area contributed by atoms with Crippen LogP contribution in [0.5, 0.6) is 5.75 Å². The van der Waals surface area contributed by atoms with Gasteiger partial charge in [0.15, 0.2) is 5.16 Å². The summed E-state index contributed by atoms with van der Waals surface area (Å²) in [5.41, 5.74) is 5.35. The van der Waals surface area contributed by atoms with Gasteiger partial charge < -0.3 is 5.11 Å². The number of para-hydroxylation sites is 2. The average molecular weight is 505 g/mol. The highest BCUT2D eigenvalue weighted by atomic mass is 32.2. The van der Waals surface area contributed by atoms with Crippen molar-refractivity contribution in [1.82, 2.24) is 15.0 Å². The number of thiophene rings is 1. The number of amides is 1. The van der Waals surface area contributed by atoms with Gasteiger partial charge in [0, 0.05) is 10.4 Å². The predicted molar refractivity (Wildman–Crippen MR) is 141 cm³/mol. The zero-order chi connectivity index (χ0) is 24.4. The van der Waals surface area contributed by atoms with E-state index in [4.69, 9.17) is 4.98 Å². The summed E-state index contributed by atoms with van der Waals surface area (Å²) in [6.45, 7) is 1.71. The van der Waals surface area contributed by atoms with Crippen molar-refractivity contribution in [3.63, 3.8) is 0 Å². The van der Waals surface area contributed by atoms with Crippen molar-refractivity contribution >= 4 is 44.9 Å². The maximum Gasteiger partial charge on any atom is 0.267 e. The number of carbonyl (C=O) groups is 1. The van der Waals surface area contributed by atoms with Crippen LogP contribution in [0.25, 0.3) is 15.9 Å². The molecule has 7 nitrogen and oxygen atoms in total. The molecule has 0 atom stereocenters. The number of phenols is 1. The Morgan fingerprint density at radius 2 is 1.89 bits per heavy atom. The molecule has 1 aliphatic rings. The fourth-order valence-corrected chi connectivity index (χ4v) is 6.34. The number of aromatic hydroxyl groups is 1. The summed E-state index contributed by atoms with van der Waals surface area (Å²) >= 11 is 2.80. The number of benzene rings is 2. The van der Waals surface area contributed by atoms with Crippen LogP contribution in [-0.2, 0) is 17.6 Å². The SMILES string of the molecule is C/C(=N\NC(=O)CSc1nc2sc3c(c2c(=O)n1-c1ccccc1)CCCC3)c1ccccc1O. The van der Waals surface area contributed by atoms with Gasteiger partial charge in [0.1, 0.15) is 10.6 Å². The molecule has 0 spiro atoms. The van der Waals surface area contributed by atoms with Crippen molar-refractivity contribution in [1.29, 1.82) is 0 Å². The number of nitrogens with zero attached hydrogens (tertiary/aromatic N) is 3. The smallest absolute Gasteiger partial charge is 0.267 e. The second-order valence-corrected chi connectivity index (χ2v) is 10.3. The van der Waals surface area contributed by atoms with E-state index in [1.54, 1.807) is 47.1 Å². The standard InChI is InChI=1S/C26H24N4O3S2/c1-16(18-11-5-7-13-20(18)31)28-29-22(32)15-34-26-27-24-23(19-12-6-8-14-21(19)35-24)25(33)30(26)17-9-3-2-4-10-17/h2-5,7,9-11,13,31H,6,8,12,14-15H2,1H3,(H,29,32)/b28-16+. The van der Waals surface area contributed by atoms with Crippen LogP contribution in [0.15, 0.2) is 69.6 Å². The van der Waals surface area contributed by atoms with Gasteiger partial charge in [-0.15, -0.1) is 11.3 Å². The van der Waals surface area contributed by atoms with Gasteiger partial charge in [-0.25, -0.2) is 10.4 Å². The van der Waals surface area contributed by atoms with Gasteiger partial charge in [0.25, 0.3) is 11.5 Å². The van der Waals surface area contributed by atoms with Crippen molar-refractivity contribution in [3.05, 3.63) is 81.0 Å². The van der Waals surface area contributed by atoms with Gasteiger partial charge in [0.05, 0.1) is 22.5 Å². The zero-order valence-corrected chi connectivity index (χ0v) is 20.8. The fourth-order valence-electron chi connectivity index (χ4n) is 4.24. The van der Waals surface area contributed by atoms with Gasteiger partial charge in [-0.05, 0) is 62.4 Å². The number of thioether (sulfide) groups is 1. The van der Waals surface area contributed by atoms with E-state index in [2.05, 4.69) is 10.5 Å². The monoisotopic (exact) mass is 504 g/mol. The normalized spacial score (nSPS) is 13.6. The molecule has 2 aromatic carbocycles. The number of rotatable bonds is 6. The molecule has 4 aromatic rings. The lowest BCUT2D eigenvalue weighted by molar-refractivity contribution is -0.118. The molecule has 0 unspecified atom stereocenters. The summed E-state index contributed by atoms with van der Waals surface area (Å²) in [6.07, 6.45) is 4.11. The number of carbonyl (C=O) groups excluding carboxylic acids is 1. The van der Waals surface area contributed by atoms with E-state index in [0.717, 1.165) is 41.8 Å². The van der Waals surface area contributed by atoms with Crippen LogP contribution < -0.4 is 11.0 Å². The van der Waals surface area contributed by atoms with Crippen LogP contribution in [0.1, 0.15) is 35.8 Å². The van der Waals surface area contributed by atoms with E-state index in [-0.39, 0.29) is 23.0 Å². The predicted octanol–water partition coefficient (Wildman–Crippen LogP) is 4.66. The first-order valence-corrected chi connectivity index (χ1v) is 13.2. The first kappa shape index (κ1) is 23.3. The fraction of sp³-hybridized carbons (Fsp3) is 0.231. The van der Waals surface area contributed by atoms with Crippen molar-refractivity contribution in [2.24, 2.45) is 5.10 Å². The van der Waals surface area contributed by atoms with Crippen molar-refractivity contribution in [2.75, 3.05) is 5.75 Å². The highest BCUT2D eigenvalue weighted by Gasteiger charge is 2.23. The number of nitrogens with one attached hydrogen (secondary N) is 1. The number of phenolic OH excluding ortho intramolecular Hbond substituents is 1. The number of hydrogen-bond donors (Lipinski definition) is 2. The first-order valence-electron chi connectivity index (χ1n) is 11.4. The van der Waals surface area contributed by atoms with E-state index in [9.17, 15) is 14.7 Å². The van der Waals surface area contributed by atoms with E-state index >= 15 is 0 Å². The minimum Gasteiger partial charge on any atom is -0.507 e. The summed E-state index contributed by atoms with van der Waals surface area (Å²) in [7, 11) is 0. The molecule has 2 aromatic heterocycles. The topological polar surface area (TPSA) is 96.6 Å². The van der Waals surface area contributed by atoms with Crippen molar-refractivity contribution in [3.8, 4) is 11.4 Å². The maximum absolute atomic E-state index is 13.7. The Hall–Kier alpha value is -3.43. The third kappa shape index (κ3) is 4.74. The quantitative estimate of drug-likeness (QED) is 0.172. The second-order valence-electron chi connectivity index (χ2n) is 8.30. The molecule has 0 saturated heterocycles. The highest BCUT2D eigenvalue weighted by Crippen LogP contribution is 2.35. The third-order valence-corrected chi connectivity index (χ3v) is 8.07. The van der Waals surface area contributed by atoms with E-state index in [0.29, 0.717) is 21.8 Å². The van der Waals surface area contributed by atoms with Crippen molar-refractivity contribution < 1.29 is 9.90 Å². The van der Waals surface area contributed by atoms with Crippen molar-refractivity contribution in [2.45, 2.75) is 37.8 Å². The number of fused-ring (bicyclic) bond motifs is 3. The van der Waals surface area contributed by atoms with Gasteiger partial charge in [-0.2, -0.15) is 5.10 Å². The Bertz CT molecular complexity index is 1490. The van der Waals surface area contributed by atoms with E-state index in [1.807, 2.05) is 30.3 Å². The Labute approximate surface area is 210 Å². The molecule has 178 valence electrons. The molecule has 0 fully saturated rings. The summed E-state index contributed by atoms with van der Waals surface area (Å²) in [5, 5.41) is 15.3. The molecular formula is C26H24N4O3S2. The zero-order valence-electron chi connectivity index (χ0n) is 19.2. The number of aryl methyl sites for hydroxylation is 2. The summed E-state index contributed by atoms with van der Waals surface area (Å²) in [6, 6.07) is 16.2. The largest absolute Gasteiger partial charge is 0.507 e. The molecule has 9 heteroatoms. The highest BCUT2D eigenvalue weighted by molar-refractivity contribution is 7.99. The molecule has 1 amide bonds. The lowest BCUT2D eigenvalue weighted by atomic mass is 9.97. The van der Waals surface area contributed by atoms with Crippen LogP contribution in [0.3, 0.4) is 0 Å². The summed E-state index contributed by atoms with van der Waals surface area (Å²) in [5.74, 6) is -0.197. The lowest BCUT2D eigenvalue weighted by Gasteiger charge is -2.13. The first-order chi connectivity index (χ1) is 17.0. The molecule has 2 heterocycles. The number of aromatic nitrogens is 2. The average Bonchev–Trinajstić information content (AvgIpc) is 3.25. The number of hydrogen-bond acceptors (Lipinski definition) is 7. The van der Waals surface area contributed by atoms with Gasteiger partial charge in [-0.1, -0.05) is 42.1 Å². The van der Waals surface area contributed by atoms with Gasteiger partial charge in [-0.3, -0.25) is 14.2 Å². The Balaban J connectivity index is 1.44. The molecule has 1 aliphatic carbocycles. The van der Waals surface area contributed by atoms with Crippen LogP contribution in [0, 0.1) is 0 Å². The Morgan fingerprint density at radius 1 is 1.14 bits per heavy atom. The Kier molecular flexibility index (Phi) is 6.70. The maximum atomic E-state index is 13.7. The molecule has 0 bridgehead atoms. The van der Waals surface area contributed by atoms with E-state index in [1.165, 1.54) is 16.6 Å². The molecule has 2 N–H and O–H groups in total. The lowest BCUT2D eigenvalue weighted by Crippen LogP contribution is -2.24.